The summed E-state index contributed by atoms with van der Waals surface area (Å²) in [6.07, 6.45) is 2.79. The van der Waals surface area contributed by atoms with Crippen molar-refractivity contribution in [2.75, 3.05) is 18.1 Å². The lowest BCUT2D eigenvalue weighted by Gasteiger charge is -2.25. The van der Waals surface area contributed by atoms with Crippen LogP contribution in [0.15, 0.2) is 18.2 Å². The van der Waals surface area contributed by atoms with Crippen molar-refractivity contribution >= 4 is 12.0 Å². The molecule has 1 saturated carbocycles. The number of benzene rings is 1. The van der Waals surface area contributed by atoms with Crippen LogP contribution in [0.25, 0.3) is 0 Å². The van der Waals surface area contributed by atoms with Crippen LogP contribution in [0.1, 0.15) is 23.2 Å². The zero-order chi connectivity index (χ0) is 11.5. The van der Waals surface area contributed by atoms with E-state index in [9.17, 15) is 9.18 Å². The van der Waals surface area contributed by atoms with Gasteiger partial charge in [0.2, 0.25) is 0 Å². The number of rotatable bonds is 5. The van der Waals surface area contributed by atoms with E-state index in [4.69, 9.17) is 5.11 Å². The van der Waals surface area contributed by atoms with E-state index in [-0.39, 0.29) is 6.61 Å². The molecule has 0 unspecified atom stereocenters. The van der Waals surface area contributed by atoms with Gasteiger partial charge < -0.3 is 10.0 Å². The SMILES string of the molecule is O=Cc1cc(F)ccc1N(CCO)C1CC1. The summed E-state index contributed by atoms with van der Waals surface area (Å²) in [6.45, 7) is 0.517. The molecule has 1 fully saturated rings. The number of carbonyl (C=O) groups is 1. The molecule has 1 aromatic rings. The summed E-state index contributed by atoms with van der Waals surface area (Å²) in [5.74, 6) is -0.411. The molecule has 4 heteroatoms. The van der Waals surface area contributed by atoms with E-state index < -0.39 is 5.82 Å². The molecule has 0 bridgehead atoms. The van der Waals surface area contributed by atoms with E-state index >= 15 is 0 Å². The van der Waals surface area contributed by atoms with E-state index in [0.717, 1.165) is 12.8 Å². The summed E-state index contributed by atoms with van der Waals surface area (Å²) in [6, 6.07) is 4.56. The third-order valence-corrected chi connectivity index (χ3v) is 2.75. The number of nitrogens with zero attached hydrogens (tertiary/aromatic N) is 1. The second-order valence-electron chi connectivity index (χ2n) is 3.97. The van der Waals surface area contributed by atoms with Gasteiger partial charge in [-0.2, -0.15) is 0 Å². The molecule has 0 spiro atoms. The Hall–Kier alpha value is -1.42. The van der Waals surface area contributed by atoms with Crippen LogP contribution in [0.4, 0.5) is 10.1 Å². The average molecular weight is 223 g/mol. The highest BCUT2D eigenvalue weighted by Crippen LogP contribution is 2.33. The molecule has 1 aliphatic rings. The average Bonchev–Trinajstić information content (AvgIpc) is 3.10. The fourth-order valence-corrected chi connectivity index (χ4v) is 1.87. The first-order chi connectivity index (χ1) is 7.76. The predicted octanol–water partition coefficient (Wildman–Crippen LogP) is 1.60. The molecular formula is C12H14FNO2. The fourth-order valence-electron chi connectivity index (χ4n) is 1.87. The number of aliphatic hydroxyl groups excluding tert-OH is 1. The van der Waals surface area contributed by atoms with Gasteiger partial charge in [-0.1, -0.05) is 0 Å². The number of hydrogen-bond acceptors (Lipinski definition) is 3. The van der Waals surface area contributed by atoms with Gasteiger partial charge in [0, 0.05) is 23.8 Å². The summed E-state index contributed by atoms with van der Waals surface area (Å²) in [4.78, 5) is 12.9. The van der Waals surface area contributed by atoms with Crippen molar-refractivity contribution in [1.82, 2.24) is 0 Å². The minimum Gasteiger partial charge on any atom is -0.395 e. The Morgan fingerprint density at radius 3 is 2.81 bits per heavy atom. The van der Waals surface area contributed by atoms with Gasteiger partial charge in [0.25, 0.3) is 0 Å². The molecule has 0 aromatic heterocycles. The van der Waals surface area contributed by atoms with Gasteiger partial charge in [-0.15, -0.1) is 0 Å². The van der Waals surface area contributed by atoms with Crippen LogP contribution in [-0.2, 0) is 0 Å². The first-order valence-electron chi connectivity index (χ1n) is 5.38. The molecule has 0 aliphatic heterocycles. The fraction of sp³-hybridized carbons (Fsp3) is 0.417. The van der Waals surface area contributed by atoms with E-state index in [1.165, 1.54) is 12.1 Å². The zero-order valence-electron chi connectivity index (χ0n) is 8.90. The number of hydrogen-bond donors (Lipinski definition) is 1. The van der Waals surface area contributed by atoms with E-state index in [1.54, 1.807) is 6.07 Å². The van der Waals surface area contributed by atoms with E-state index in [2.05, 4.69) is 0 Å². The number of anilines is 1. The Morgan fingerprint density at radius 2 is 2.25 bits per heavy atom. The summed E-state index contributed by atoms with van der Waals surface area (Å²) >= 11 is 0. The van der Waals surface area contributed by atoms with Crippen LogP contribution in [0.3, 0.4) is 0 Å². The molecule has 16 heavy (non-hydrogen) atoms. The minimum absolute atomic E-state index is 0.0339. The van der Waals surface area contributed by atoms with Crippen molar-refractivity contribution in [2.45, 2.75) is 18.9 Å². The molecule has 0 radical (unpaired) electrons. The van der Waals surface area contributed by atoms with Gasteiger partial charge in [-0.3, -0.25) is 4.79 Å². The highest BCUT2D eigenvalue weighted by atomic mass is 19.1. The maximum atomic E-state index is 13.0. The minimum atomic E-state index is -0.411. The Kier molecular flexibility index (Phi) is 3.19. The quantitative estimate of drug-likeness (QED) is 0.771. The zero-order valence-corrected chi connectivity index (χ0v) is 8.90. The maximum Gasteiger partial charge on any atom is 0.152 e. The largest absolute Gasteiger partial charge is 0.395 e. The van der Waals surface area contributed by atoms with E-state index in [1.807, 2.05) is 4.90 Å². The molecule has 0 saturated heterocycles. The molecule has 1 aliphatic carbocycles. The Bertz CT molecular complexity index is 391. The number of carbonyl (C=O) groups excluding carboxylic acids is 1. The van der Waals surface area contributed by atoms with Crippen molar-refractivity contribution in [1.29, 1.82) is 0 Å². The molecular weight excluding hydrogens is 209 g/mol. The van der Waals surface area contributed by atoms with Gasteiger partial charge in [-0.25, -0.2) is 4.39 Å². The van der Waals surface area contributed by atoms with E-state index in [0.29, 0.717) is 30.1 Å². The highest BCUT2D eigenvalue weighted by molar-refractivity contribution is 5.84. The number of aldehydes is 1. The summed E-state index contributed by atoms with van der Waals surface area (Å²) in [5, 5.41) is 8.99. The first-order valence-corrected chi connectivity index (χ1v) is 5.38. The van der Waals surface area contributed by atoms with Crippen LogP contribution in [-0.4, -0.2) is 30.6 Å². The summed E-state index contributed by atoms with van der Waals surface area (Å²) in [5.41, 5.74) is 1.06. The van der Waals surface area contributed by atoms with Gasteiger partial charge in [0.05, 0.1) is 6.61 Å². The topological polar surface area (TPSA) is 40.5 Å². The van der Waals surface area contributed by atoms with Crippen LogP contribution in [0.2, 0.25) is 0 Å². The monoisotopic (exact) mass is 223 g/mol. The Balaban J connectivity index is 2.31. The summed E-state index contributed by atoms with van der Waals surface area (Å²) < 4.78 is 13.0. The van der Waals surface area contributed by atoms with Crippen LogP contribution >= 0.6 is 0 Å². The molecule has 1 aromatic carbocycles. The lowest BCUT2D eigenvalue weighted by molar-refractivity contribution is 0.112. The normalized spacial score (nSPS) is 14.9. The van der Waals surface area contributed by atoms with Gasteiger partial charge in [-0.05, 0) is 31.0 Å². The maximum absolute atomic E-state index is 13.0. The lowest BCUT2D eigenvalue weighted by atomic mass is 10.1. The molecule has 0 heterocycles. The second kappa shape index (κ2) is 4.61. The molecule has 1 N–H and O–H groups in total. The lowest BCUT2D eigenvalue weighted by Crippen LogP contribution is -2.29. The smallest absolute Gasteiger partial charge is 0.152 e. The number of halogens is 1. The molecule has 2 rings (SSSR count). The van der Waals surface area contributed by atoms with Gasteiger partial charge in [0.15, 0.2) is 6.29 Å². The van der Waals surface area contributed by atoms with Crippen molar-refractivity contribution in [3.05, 3.63) is 29.6 Å². The van der Waals surface area contributed by atoms with Crippen molar-refractivity contribution in [3.8, 4) is 0 Å². The molecule has 0 atom stereocenters. The molecule has 3 nitrogen and oxygen atoms in total. The Morgan fingerprint density at radius 1 is 1.50 bits per heavy atom. The Labute approximate surface area is 93.5 Å². The van der Waals surface area contributed by atoms with Crippen molar-refractivity contribution in [3.63, 3.8) is 0 Å². The third-order valence-electron chi connectivity index (χ3n) is 2.75. The van der Waals surface area contributed by atoms with Crippen LogP contribution < -0.4 is 4.90 Å². The predicted molar refractivity (Wildman–Crippen MR) is 59.2 cm³/mol. The third kappa shape index (κ3) is 2.22. The van der Waals surface area contributed by atoms with Gasteiger partial charge >= 0.3 is 0 Å². The van der Waals surface area contributed by atoms with Crippen molar-refractivity contribution < 1.29 is 14.3 Å². The standard InChI is InChI=1S/C12H14FNO2/c13-10-1-4-12(9(7-10)8-16)14(5-6-15)11-2-3-11/h1,4,7-8,11,15H,2-3,5-6H2. The molecule has 0 amide bonds. The van der Waals surface area contributed by atoms with Gasteiger partial charge in [0.1, 0.15) is 5.82 Å². The molecule has 86 valence electrons. The highest BCUT2D eigenvalue weighted by Gasteiger charge is 2.30. The summed E-state index contributed by atoms with van der Waals surface area (Å²) in [7, 11) is 0. The second-order valence-corrected chi connectivity index (χ2v) is 3.97. The number of aliphatic hydroxyl groups is 1. The van der Waals surface area contributed by atoms with Crippen molar-refractivity contribution in [2.24, 2.45) is 0 Å². The van der Waals surface area contributed by atoms with Crippen LogP contribution in [0, 0.1) is 5.82 Å². The first kappa shape index (κ1) is 11.1. The van der Waals surface area contributed by atoms with Crippen LogP contribution in [0.5, 0.6) is 0 Å².